The smallest absolute Gasteiger partial charge is 0.101 e. The average molecular weight is 181 g/mol. The normalized spacial score (nSPS) is 9.36. The van der Waals surface area contributed by atoms with Crippen molar-refractivity contribution in [1.82, 2.24) is 9.97 Å². The van der Waals surface area contributed by atoms with Gasteiger partial charge in [0.2, 0.25) is 0 Å². The Morgan fingerprint density at radius 3 is 2.50 bits per heavy atom. The van der Waals surface area contributed by atoms with E-state index >= 15 is 0 Å². The molecule has 0 aromatic carbocycles. The van der Waals surface area contributed by atoms with Crippen molar-refractivity contribution in [2.75, 3.05) is 0 Å². The highest BCUT2D eigenvalue weighted by Gasteiger charge is 1.98. The summed E-state index contributed by atoms with van der Waals surface area (Å²) in [5.74, 6) is 0. The standard InChI is InChI=1S/C11H7N3/c12-6-9-5-11(8-14-7-9)10-1-3-13-4-2-10/h1-5,7-8H. The molecule has 3 nitrogen and oxygen atoms in total. The molecule has 66 valence electrons. The van der Waals surface area contributed by atoms with E-state index < -0.39 is 0 Å². The van der Waals surface area contributed by atoms with Gasteiger partial charge in [-0.05, 0) is 23.8 Å². The zero-order chi connectivity index (χ0) is 9.80. The fraction of sp³-hybridized carbons (Fsp3) is 0. The Balaban J connectivity index is 2.49. The third-order valence-corrected chi connectivity index (χ3v) is 1.88. The van der Waals surface area contributed by atoms with Crippen LogP contribution in [0.4, 0.5) is 0 Å². The molecule has 2 rings (SSSR count). The van der Waals surface area contributed by atoms with Crippen molar-refractivity contribution < 1.29 is 0 Å². The van der Waals surface area contributed by atoms with Gasteiger partial charge in [0.05, 0.1) is 5.56 Å². The minimum Gasteiger partial charge on any atom is -0.265 e. The molecule has 0 radical (unpaired) electrons. The van der Waals surface area contributed by atoms with Crippen LogP contribution in [0, 0.1) is 11.3 Å². The molecule has 0 saturated carbocycles. The molecule has 2 aromatic heterocycles. The van der Waals surface area contributed by atoms with Crippen LogP contribution in [0.1, 0.15) is 5.56 Å². The van der Waals surface area contributed by atoms with Gasteiger partial charge in [-0.3, -0.25) is 9.97 Å². The number of aromatic nitrogens is 2. The van der Waals surface area contributed by atoms with Crippen LogP contribution in [0.3, 0.4) is 0 Å². The van der Waals surface area contributed by atoms with Crippen molar-refractivity contribution in [3.8, 4) is 17.2 Å². The Kier molecular flexibility index (Phi) is 2.20. The lowest BCUT2D eigenvalue weighted by Crippen LogP contribution is -1.83. The maximum absolute atomic E-state index is 8.71. The van der Waals surface area contributed by atoms with Crippen LogP contribution in [-0.2, 0) is 0 Å². The monoisotopic (exact) mass is 181 g/mol. The Labute approximate surface area is 81.7 Å². The maximum atomic E-state index is 8.71. The van der Waals surface area contributed by atoms with Crippen molar-refractivity contribution in [2.24, 2.45) is 0 Å². The van der Waals surface area contributed by atoms with Crippen LogP contribution in [0.25, 0.3) is 11.1 Å². The van der Waals surface area contributed by atoms with Crippen LogP contribution in [0.5, 0.6) is 0 Å². The highest BCUT2D eigenvalue weighted by atomic mass is 14.6. The minimum atomic E-state index is 0.569. The summed E-state index contributed by atoms with van der Waals surface area (Å²) in [6, 6.07) is 7.64. The SMILES string of the molecule is N#Cc1cncc(-c2ccncc2)c1. The highest BCUT2D eigenvalue weighted by molar-refractivity contribution is 5.63. The highest BCUT2D eigenvalue weighted by Crippen LogP contribution is 2.17. The molecule has 0 amide bonds. The molecular weight excluding hydrogens is 174 g/mol. The topological polar surface area (TPSA) is 49.6 Å². The lowest BCUT2D eigenvalue weighted by Gasteiger charge is -1.99. The molecule has 2 aromatic rings. The number of nitriles is 1. The largest absolute Gasteiger partial charge is 0.265 e. The Morgan fingerprint density at radius 2 is 1.79 bits per heavy atom. The Bertz CT molecular complexity index is 471. The molecule has 0 N–H and O–H groups in total. The lowest BCUT2D eigenvalue weighted by atomic mass is 10.1. The Morgan fingerprint density at radius 1 is 1.00 bits per heavy atom. The summed E-state index contributed by atoms with van der Waals surface area (Å²) in [6.45, 7) is 0. The zero-order valence-electron chi connectivity index (χ0n) is 7.38. The first-order valence-corrected chi connectivity index (χ1v) is 4.16. The third-order valence-electron chi connectivity index (χ3n) is 1.88. The van der Waals surface area contributed by atoms with E-state index in [1.165, 1.54) is 0 Å². The van der Waals surface area contributed by atoms with E-state index in [-0.39, 0.29) is 0 Å². The molecule has 0 aliphatic carbocycles. The molecule has 0 fully saturated rings. The van der Waals surface area contributed by atoms with Gasteiger partial charge >= 0.3 is 0 Å². The summed E-state index contributed by atoms with van der Waals surface area (Å²) in [7, 11) is 0. The quantitative estimate of drug-likeness (QED) is 0.676. The summed E-state index contributed by atoms with van der Waals surface area (Å²) in [6.07, 6.45) is 6.71. The van der Waals surface area contributed by atoms with Crippen molar-refractivity contribution in [1.29, 1.82) is 5.26 Å². The molecule has 2 heterocycles. The van der Waals surface area contributed by atoms with Gasteiger partial charge < -0.3 is 0 Å². The van der Waals surface area contributed by atoms with Gasteiger partial charge in [0.15, 0.2) is 0 Å². The molecule has 0 aliphatic heterocycles. The van der Waals surface area contributed by atoms with Gasteiger partial charge in [0, 0.05) is 30.4 Å². The summed E-state index contributed by atoms with van der Waals surface area (Å²) >= 11 is 0. The molecule has 0 unspecified atom stereocenters. The van der Waals surface area contributed by atoms with E-state index in [1.807, 2.05) is 18.2 Å². The van der Waals surface area contributed by atoms with Gasteiger partial charge in [-0.2, -0.15) is 5.26 Å². The van der Waals surface area contributed by atoms with Crippen LogP contribution in [-0.4, -0.2) is 9.97 Å². The van der Waals surface area contributed by atoms with E-state index in [2.05, 4.69) is 16.0 Å². The van der Waals surface area contributed by atoms with E-state index in [9.17, 15) is 0 Å². The zero-order valence-corrected chi connectivity index (χ0v) is 7.38. The van der Waals surface area contributed by atoms with E-state index in [1.54, 1.807) is 24.8 Å². The van der Waals surface area contributed by atoms with Crippen molar-refractivity contribution in [3.05, 3.63) is 48.5 Å². The number of nitrogens with zero attached hydrogens (tertiary/aromatic N) is 3. The molecule has 3 heteroatoms. The molecule has 0 atom stereocenters. The molecule has 0 bridgehead atoms. The first kappa shape index (κ1) is 8.39. The van der Waals surface area contributed by atoms with Crippen LogP contribution >= 0.6 is 0 Å². The van der Waals surface area contributed by atoms with E-state index in [0.29, 0.717) is 5.56 Å². The first-order valence-electron chi connectivity index (χ1n) is 4.16. The minimum absolute atomic E-state index is 0.569. The van der Waals surface area contributed by atoms with Crippen LogP contribution < -0.4 is 0 Å². The van der Waals surface area contributed by atoms with Gasteiger partial charge in [0.25, 0.3) is 0 Å². The second-order valence-corrected chi connectivity index (χ2v) is 2.81. The van der Waals surface area contributed by atoms with Crippen LogP contribution in [0.2, 0.25) is 0 Å². The van der Waals surface area contributed by atoms with Crippen molar-refractivity contribution in [2.45, 2.75) is 0 Å². The number of rotatable bonds is 1. The summed E-state index contributed by atoms with van der Waals surface area (Å²) in [5, 5.41) is 8.71. The van der Waals surface area contributed by atoms with Crippen molar-refractivity contribution >= 4 is 0 Å². The number of hydrogen-bond acceptors (Lipinski definition) is 3. The van der Waals surface area contributed by atoms with Gasteiger partial charge in [0.1, 0.15) is 6.07 Å². The lowest BCUT2D eigenvalue weighted by molar-refractivity contribution is 1.29. The molecule has 0 aliphatic rings. The van der Waals surface area contributed by atoms with E-state index in [0.717, 1.165) is 11.1 Å². The van der Waals surface area contributed by atoms with Crippen LogP contribution in [0.15, 0.2) is 43.0 Å². The number of pyridine rings is 2. The summed E-state index contributed by atoms with van der Waals surface area (Å²) in [5.41, 5.74) is 2.52. The van der Waals surface area contributed by atoms with Crippen molar-refractivity contribution in [3.63, 3.8) is 0 Å². The third kappa shape index (κ3) is 1.59. The second kappa shape index (κ2) is 3.67. The number of hydrogen-bond donors (Lipinski definition) is 0. The fourth-order valence-electron chi connectivity index (χ4n) is 1.20. The van der Waals surface area contributed by atoms with Gasteiger partial charge in [-0.25, -0.2) is 0 Å². The van der Waals surface area contributed by atoms with Gasteiger partial charge in [-0.15, -0.1) is 0 Å². The predicted octanol–water partition coefficient (Wildman–Crippen LogP) is 2.02. The summed E-state index contributed by atoms with van der Waals surface area (Å²) in [4.78, 5) is 7.92. The van der Waals surface area contributed by atoms with E-state index in [4.69, 9.17) is 5.26 Å². The molecule has 0 saturated heterocycles. The second-order valence-electron chi connectivity index (χ2n) is 2.81. The molecular formula is C11H7N3. The van der Waals surface area contributed by atoms with Gasteiger partial charge in [-0.1, -0.05) is 0 Å². The Hall–Kier alpha value is -2.21. The average Bonchev–Trinajstić information content (AvgIpc) is 2.30. The maximum Gasteiger partial charge on any atom is 0.101 e. The first-order chi connectivity index (χ1) is 6.90. The molecule has 14 heavy (non-hydrogen) atoms. The fourth-order valence-corrected chi connectivity index (χ4v) is 1.20. The summed E-state index contributed by atoms with van der Waals surface area (Å²) < 4.78 is 0. The molecule has 0 spiro atoms. The predicted molar refractivity (Wildman–Crippen MR) is 52.2 cm³/mol.